The van der Waals surface area contributed by atoms with Crippen LogP contribution in [0.15, 0.2) is 47.3 Å². The lowest BCUT2D eigenvalue weighted by Crippen LogP contribution is -2.46. The molecule has 0 bridgehead atoms. The Labute approximate surface area is 145 Å². The Morgan fingerprint density at radius 3 is 2.84 bits per heavy atom. The fourth-order valence-corrected chi connectivity index (χ4v) is 3.89. The second kappa shape index (κ2) is 6.04. The summed E-state index contributed by atoms with van der Waals surface area (Å²) in [5.74, 6) is -1.07. The summed E-state index contributed by atoms with van der Waals surface area (Å²) in [4.78, 5) is 26.4. The van der Waals surface area contributed by atoms with Crippen molar-refractivity contribution >= 4 is 11.9 Å². The number of hydrogen-bond acceptors (Lipinski definition) is 4. The fraction of sp³-hybridized carbons (Fsp3) is 0.368. The first-order valence-electron chi connectivity index (χ1n) is 8.33. The second-order valence-electron chi connectivity index (χ2n) is 6.78. The van der Waals surface area contributed by atoms with Crippen LogP contribution in [-0.2, 0) is 9.53 Å². The van der Waals surface area contributed by atoms with Crippen LogP contribution in [0.2, 0.25) is 0 Å². The standard InChI is InChI=1S/C19H19NO5/c21-17(14-3-1-2-13(8-14)15-4-6-24-10-15)20-9-16-5-7-25-12-19(16,11-20)18(22)23/h1-4,6,8,10,16H,5,7,9,11-12H2,(H,22,23)/t16-,19+/m1/s1. The van der Waals surface area contributed by atoms with Crippen molar-refractivity contribution in [1.29, 1.82) is 0 Å². The van der Waals surface area contributed by atoms with Crippen molar-refractivity contribution in [2.45, 2.75) is 6.42 Å². The minimum Gasteiger partial charge on any atom is -0.481 e. The summed E-state index contributed by atoms with van der Waals surface area (Å²) in [6.07, 6.45) is 3.89. The highest BCUT2D eigenvalue weighted by atomic mass is 16.5. The summed E-state index contributed by atoms with van der Waals surface area (Å²) in [6, 6.07) is 9.16. The smallest absolute Gasteiger partial charge is 0.314 e. The zero-order valence-corrected chi connectivity index (χ0v) is 13.7. The van der Waals surface area contributed by atoms with E-state index < -0.39 is 11.4 Å². The minimum absolute atomic E-state index is 0.0558. The quantitative estimate of drug-likeness (QED) is 0.928. The van der Waals surface area contributed by atoms with Gasteiger partial charge in [0, 0.05) is 30.8 Å². The molecule has 6 heteroatoms. The van der Waals surface area contributed by atoms with Gasteiger partial charge < -0.3 is 19.2 Å². The summed E-state index contributed by atoms with van der Waals surface area (Å²) in [5.41, 5.74) is 1.38. The zero-order chi connectivity index (χ0) is 17.4. The highest BCUT2D eigenvalue weighted by molar-refractivity contribution is 5.96. The molecule has 3 heterocycles. The van der Waals surface area contributed by atoms with Crippen LogP contribution >= 0.6 is 0 Å². The molecule has 0 spiro atoms. The maximum Gasteiger partial charge on any atom is 0.314 e. The third kappa shape index (κ3) is 2.62. The molecule has 4 rings (SSSR count). The summed E-state index contributed by atoms with van der Waals surface area (Å²) in [7, 11) is 0. The molecule has 25 heavy (non-hydrogen) atoms. The summed E-state index contributed by atoms with van der Waals surface area (Å²) >= 11 is 0. The lowest BCUT2D eigenvalue weighted by atomic mass is 9.76. The molecule has 1 aromatic carbocycles. The van der Waals surface area contributed by atoms with E-state index in [1.807, 2.05) is 24.3 Å². The molecule has 2 aliphatic heterocycles. The van der Waals surface area contributed by atoms with Gasteiger partial charge in [0.05, 0.1) is 19.1 Å². The summed E-state index contributed by atoms with van der Waals surface area (Å²) < 4.78 is 10.5. The normalized spacial score (nSPS) is 25.6. The number of rotatable bonds is 3. The maximum absolute atomic E-state index is 12.9. The van der Waals surface area contributed by atoms with E-state index in [-0.39, 0.29) is 25.0 Å². The zero-order valence-electron chi connectivity index (χ0n) is 13.7. The van der Waals surface area contributed by atoms with Gasteiger partial charge in [-0.1, -0.05) is 12.1 Å². The second-order valence-corrected chi connectivity index (χ2v) is 6.78. The Kier molecular flexibility index (Phi) is 3.84. The number of hydrogen-bond donors (Lipinski definition) is 1. The predicted molar refractivity (Wildman–Crippen MR) is 89.0 cm³/mol. The predicted octanol–water partition coefficient (Wildman–Crippen LogP) is 2.51. The lowest BCUT2D eigenvalue weighted by Gasteiger charge is -2.33. The average molecular weight is 341 g/mol. The lowest BCUT2D eigenvalue weighted by molar-refractivity contribution is -0.159. The molecule has 6 nitrogen and oxygen atoms in total. The number of carbonyl (C=O) groups excluding carboxylic acids is 1. The maximum atomic E-state index is 12.9. The van der Waals surface area contributed by atoms with Crippen molar-refractivity contribution in [3.8, 4) is 11.1 Å². The number of nitrogens with zero attached hydrogens (tertiary/aromatic N) is 1. The molecule has 0 aliphatic carbocycles. The van der Waals surface area contributed by atoms with Gasteiger partial charge in [0.2, 0.25) is 0 Å². The number of aliphatic carboxylic acids is 1. The molecule has 1 aromatic heterocycles. The van der Waals surface area contributed by atoms with Crippen LogP contribution in [0.3, 0.4) is 0 Å². The highest BCUT2D eigenvalue weighted by Crippen LogP contribution is 2.42. The molecule has 2 fully saturated rings. The molecular weight excluding hydrogens is 322 g/mol. The number of likely N-dealkylation sites (tertiary alicyclic amines) is 1. The van der Waals surface area contributed by atoms with E-state index in [2.05, 4.69) is 0 Å². The van der Waals surface area contributed by atoms with E-state index in [0.29, 0.717) is 25.1 Å². The number of carboxylic acids is 1. The van der Waals surface area contributed by atoms with Gasteiger partial charge in [-0.05, 0) is 36.1 Å². The molecule has 0 saturated carbocycles. The first kappa shape index (κ1) is 15.9. The van der Waals surface area contributed by atoms with Crippen LogP contribution in [0.1, 0.15) is 16.8 Å². The van der Waals surface area contributed by atoms with E-state index in [0.717, 1.165) is 11.1 Å². The number of fused-ring (bicyclic) bond motifs is 1. The molecule has 0 unspecified atom stereocenters. The molecule has 2 aliphatic rings. The van der Waals surface area contributed by atoms with Crippen LogP contribution < -0.4 is 0 Å². The van der Waals surface area contributed by atoms with Crippen molar-refractivity contribution < 1.29 is 23.8 Å². The summed E-state index contributed by atoms with van der Waals surface area (Å²) in [5, 5.41) is 9.71. The first-order valence-corrected chi connectivity index (χ1v) is 8.33. The monoisotopic (exact) mass is 341 g/mol. The highest BCUT2D eigenvalue weighted by Gasteiger charge is 2.55. The van der Waals surface area contributed by atoms with Gasteiger partial charge in [0.25, 0.3) is 5.91 Å². The molecule has 2 saturated heterocycles. The van der Waals surface area contributed by atoms with E-state index in [4.69, 9.17) is 9.15 Å². The van der Waals surface area contributed by atoms with Gasteiger partial charge in [-0.15, -0.1) is 0 Å². The third-order valence-corrected chi connectivity index (χ3v) is 5.34. The van der Waals surface area contributed by atoms with Crippen molar-refractivity contribution in [1.82, 2.24) is 4.90 Å². The minimum atomic E-state index is -0.976. The SMILES string of the molecule is O=C(c1cccc(-c2ccoc2)c1)N1C[C@H]2CCOC[C@@]2(C(=O)O)C1. The van der Waals surface area contributed by atoms with Gasteiger partial charge in [0.1, 0.15) is 5.41 Å². The Morgan fingerprint density at radius 1 is 1.24 bits per heavy atom. The van der Waals surface area contributed by atoms with Gasteiger partial charge in [-0.3, -0.25) is 9.59 Å². The number of furan rings is 1. The Bertz CT molecular complexity index is 800. The Balaban J connectivity index is 1.60. The van der Waals surface area contributed by atoms with Crippen LogP contribution in [-0.4, -0.2) is 48.2 Å². The van der Waals surface area contributed by atoms with Gasteiger partial charge >= 0.3 is 5.97 Å². The number of carboxylic acid groups (broad SMARTS) is 1. The molecule has 1 N–H and O–H groups in total. The third-order valence-electron chi connectivity index (χ3n) is 5.34. The number of benzene rings is 1. The van der Waals surface area contributed by atoms with Gasteiger partial charge in [-0.2, -0.15) is 0 Å². The first-order chi connectivity index (χ1) is 12.1. The molecular formula is C19H19NO5. The molecule has 2 aromatic rings. The molecule has 0 radical (unpaired) electrons. The van der Waals surface area contributed by atoms with Crippen LogP contribution in [0.25, 0.3) is 11.1 Å². The molecule has 130 valence electrons. The topological polar surface area (TPSA) is 80.0 Å². The van der Waals surface area contributed by atoms with Crippen LogP contribution in [0.5, 0.6) is 0 Å². The number of amides is 1. The van der Waals surface area contributed by atoms with E-state index >= 15 is 0 Å². The van der Waals surface area contributed by atoms with Gasteiger partial charge in [0.15, 0.2) is 0 Å². The van der Waals surface area contributed by atoms with Crippen molar-refractivity contribution in [2.75, 3.05) is 26.3 Å². The summed E-state index contributed by atoms with van der Waals surface area (Å²) in [6.45, 7) is 1.38. The molecule has 1 amide bonds. The van der Waals surface area contributed by atoms with Crippen LogP contribution in [0.4, 0.5) is 0 Å². The fourth-order valence-electron chi connectivity index (χ4n) is 3.89. The number of carbonyl (C=O) groups is 2. The average Bonchev–Trinajstić information content (AvgIpc) is 3.29. The van der Waals surface area contributed by atoms with E-state index in [1.165, 1.54) is 0 Å². The molecule has 2 atom stereocenters. The van der Waals surface area contributed by atoms with Crippen molar-refractivity contribution in [3.63, 3.8) is 0 Å². The van der Waals surface area contributed by atoms with E-state index in [9.17, 15) is 14.7 Å². The van der Waals surface area contributed by atoms with E-state index in [1.54, 1.807) is 23.5 Å². The number of ether oxygens (including phenoxy) is 1. The largest absolute Gasteiger partial charge is 0.481 e. The van der Waals surface area contributed by atoms with Crippen molar-refractivity contribution in [2.24, 2.45) is 11.3 Å². The van der Waals surface area contributed by atoms with Gasteiger partial charge in [-0.25, -0.2) is 0 Å². The van der Waals surface area contributed by atoms with Crippen LogP contribution in [0, 0.1) is 11.3 Å². The van der Waals surface area contributed by atoms with Crippen molar-refractivity contribution in [3.05, 3.63) is 48.4 Å². The Hall–Kier alpha value is -2.60. The Morgan fingerprint density at radius 2 is 2.12 bits per heavy atom.